The van der Waals surface area contributed by atoms with E-state index in [1.807, 2.05) is 31.2 Å². The Morgan fingerprint density at radius 2 is 1.97 bits per heavy atom. The minimum atomic E-state index is -0.481. The van der Waals surface area contributed by atoms with Gasteiger partial charge in [-0.15, -0.1) is 0 Å². The first-order valence-electron chi connectivity index (χ1n) is 10.1. The van der Waals surface area contributed by atoms with Crippen LogP contribution in [0.2, 0.25) is 0 Å². The molecule has 0 saturated carbocycles. The van der Waals surface area contributed by atoms with E-state index in [9.17, 15) is 9.59 Å². The molecule has 160 valence electrons. The predicted octanol–water partition coefficient (Wildman–Crippen LogP) is 4.34. The van der Waals surface area contributed by atoms with Crippen molar-refractivity contribution < 1.29 is 18.7 Å². The molecule has 0 spiro atoms. The van der Waals surface area contributed by atoms with Gasteiger partial charge in [0, 0.05) is 11.4 Å². The second kappa shape index (κ2) is 10.4. The van der Waals surface area contributed by atoms with Crippen LogP contribution in [0.5, 0.6) is 0 Å². The normalized spacial score (nSPS) is 12.4. The van der Waals surface area contributed by atoms with E-state index in [0.29, 0.717) is 22.0 Å². The Balaban J connectivity index is 1.46. The Morgan fingerprint density at radius 1 is 1.17 bits per heavy atom. The lowest BCUT2D eigenvalue weighted by Crippen LogP contribution is -2.36. The first-order valence-corrected chi connectivity index (χ1v) is 11.1. The standard InChI is InChI=1S/C22H27N3O4S/c1-14(2)7-6-8-15(3)25-18(26)11-28-19(27)12-30-22-21-20(23-13-24-22)16-9-4-5-10-17(16)29-21/h4-5,9-10,13-15H,6-8,11-12H2,1-3H3,(H,25,26). The summed E-state index contributed by atoms with van der Waals surface area (Å²) < 4.78 is 10.9. The summed E-state index contributed by atoms with van der Waals surface area (Å²) in [7, 11) is 0. The molecule has 30 heavy (non-hydrogen) atoms. The zero-order chi connectivity index (χ0) is 21.5. The van der Waals surface area contributed by atoms with Gasteiger partial charge in [0.15, 0.2) is 12.2 Å². The van der Waals surface area contributed by atoms with Gasteiger partial charge in [0.25, 0.3) is 5.91 Å². The molecule has 2 aromatic heterocycles. The summed E-state index contributed by atoms with van der Waals surface area (Å²) in [6, 6.07) is 7.66. The lowest BCUT2D eigenvalue weighted by molar-refractivity contribution is -0.146. The number of fused-ring (bicyclic) bond motifs is 3. The van der Waals surface area contributed by atoms with Crippen molar-refractivity contribution in [2.45, 2.75) is 51.1 Å². The number of thioether (sulfide) groups is 1. The van der Waals surface area contributed by atoms with Gasteiger partial charge >= 0.3 is 5.97 Å². The molecule has 1 amide bonds. The predicted molar refractivity (Wildman–Crippen MR) is 117 cm³/mol. The topological polar surface area (TPSA) is 94.3 Å². The van der Waals surface area contributed by atoms with E-state index in [2.05, 4.69) is 29.1 Å². The molecule has 1 unspecified atom stereocenters. The molecule has 1 N–H and O–H groups in total. The number of nitrogens with zero attached hydrogens (tertiary/aromatic N) is 2. The number of hydrogen-bond donors (Lipinski definition) is 1. The summed E-state index contributed by atoms with van der Waals surface area (Å²) >= 11 is 1.20. The van der Waals surface area contributed by atoms with Crippen LogP contribution in [-0.4, -0.2) is 40.2 Å². The van der Waals surface area contributed by atoms with Gasteiger partial charge in [-0.05, 0) is 31.4 Å². The minimum Gasteiger partial charge on any atom is -0.455 e. The van der Waals surface area contributed by atoms with Gasteiger partial charge < -0.3 is 14.5 Å². The number of esters is 1. The Morgan fingerprint density at radius 3 is 2.77 bits per heavy atom. The zero-order valence-electron chi connectivity index (χ0n) is 17.5. The third kappa shape index (κ3) is 5.95. The van der Waals surface area contributed by atoms with Crippen molar-refractivity contribution in [3.05, 3.63) is 30.6 Å². The van der Waals surface area contributed by atoms with Gasteiger partial charge in [0.05, 0.1) is 5.75 Å². The Kier molecular flexibility index (Phi) is 7.68. The summed E-state index contributed by atoms with van der Waals surface area (Å²) in [6.07, 6.45) is 4.56. The molecule has 7 nitrogen and oxygen atoms in total. The summed E-state index contributed by atoms with van der Waals surface area (Å²) in [5, 5.41) is 4.33. The van der Waals surface area contributed by atoms with Crippen LogP contribution in [0, 0.1) is 5.92 Å². The van der Waals surface area contributed by atoms with E-state index in [0.717, 1.165) is 30.2 Å². The number of amides is 1. The van der Waals surface area contributed by atoms with Gasteiger partial charge in [0.1, 0.15) is 22.5 Å². The quantitative estimate of drug-likeness (QED) is 0.291. The van der Waals surface area contributed by atoms with E-state index < -0.39 is 5.97 Å². The number of aromatic nitrogens is 2. The van der Waals surface area contributed by atoms with Crippen LogP contribution in [0.3, 0.4) is 0 Å². The second-order valence-electron chi connectivity index (χ2n) is 7.70. The highest BCUT2D eigenvalue weighted by Gasteiger charge is 2.16. The van der Waals surface area contributed by atoms with Crippen LogP contribution in [0.1, 0.15) is 40.0 Å². The molecular weight excluding hydrogens is 402 g/mol. The fraction of sp³-hybridized carbons (Fsp3) is 0.455. The van der Waals surface area contributed by atoms with Crippen molar-refractivity contribution in [2.24, 2.45) is 5.92 Å². The van der Waals surface area contributed by atoms with Crippen LogP contribution >= 0.6 is 11.8 Å². The van der Waals surface area contributed by atoms with Crippen molar-refractivity contribution in [3.8, 4) is 0 Å². The SMILES string of the molecule is CC(C)CCCC(C)NC(=O)COC(=O)CSc1ncnc2c1oc1ccccc12. The number of rotatable bonds is 10. The van der Waals surface area contributed by atoms with Crippen molar-refractivity contribution >= 4 is 45.7 Å². The van der Waals surface area contributed by atoms with E-state index in [4.69, 9.17) is 9.15 Å². The molecule has 3 rings (SSSR count). The summed E-state index contributed by atoms with van der Waals surface area (Å²) in [6.45, 7) is 6.05. The molecule has 1 aromatic carbocycles. The Labute approximate surface area is 180 Å². The summed E-state index contributed by atoms with van der Waals surface area (Å²) in [5.41, 5.74) is 1.98. The summed E-state index contributed by atoms with van der Waals surface area (Å²) in [5.74, 6) is -0.0833. The van der Waals surface area contributed by atoms with E-state index in [1.165, 1.54) is 18.1 Å². The van der Waals surface area contributed by atoms with E-state index in [1.54, 1.807) is 0 Å². The fourth-order valence-electron chi connectivity index (χ4n) is 3.14. The van der Waals surface area contributed by atoms with Gasteiger partial charge in [-0.25, -0.2) is 9.97 Å². The van der Waals surface area contributed by atoms with E-state index >= 15 is 0 Å². The first kappa shape index (κ1) is 22.1. The van der Waals surface area contributed by atoms with Crippen molar-refractivity contribution in [2.75, 3.05) is 12.4 Å². The number of hydrogen-bond acceptors (Lipinski definition) is 7. The fourth-order valence-corrected chi connectivity index (χ4v) is 3.87. The zero-order valence-corrected chi connectivity index (χ0v) is 18.3. The van der Waals surface area contributed by atoms with Crippen LogP contribution < -0.4 is 5.32 Å². The highest BCUT2D eigenvalue weighted by Crippen LogP contribution is 2.32. The van der Waals surface area contributed by atoms with Crippen molar-refractivity contribution in [3.63, 3.8) is 0 Å². The lowest BCUT2D eigenvalue weighted by atomic mass is 10.0. The maximum absolute atomic E-state index is 12.1. The van der Waals surface area contributed by atoms with Crippen LogP contribution in [0.25, 0.3) is 22.1 Å². The molecule has 2 heterocycles. The molecule has 0 bridgehead atoms. The lowest BCUT2D eigenvalue weighted by Gasteiger charge is -2.14. The van der Waals surface area contributed by atoms with Crippen LogP contribution in [-0.2, 0) is 14.3 Å². The number of benzene rings is 1. The molecule has 0 fully saturated rings. The van der Waals surface area contributed by atoms with Gasteiger partial charge in [-0.2, -0.15) is 0 Å². The maximum atomic E-state index is 12.1. The molecule has 0 aliphatic carbocycles. The molecule has 3 aromatic rings. The molecule has 0 radical (unpaired) electrons. The molecule has 8 heteroatoms. The Bertz CT molecular complexity index is 1020. The largest absolute Gasteiger partial charge is 0.455 e. The van der Waals surface area contributed by atoms with Crippen molar-refractivity contribution in [1.82, 2.24) is 15.3 Å². The maximum Gasteiger partial charge on any atom is 0.316 e. The molecule has 0 saturated heterocycles. The summed E-state index contributed by atoms with van der Waals surface area (Å²) in [4.78, 5) is 32.5. The minimum absolute atomic E-state index is 0.0282. The average molecular weight is 430 g/mol. The number of carbonyl (C=O) groups excluding carboxylic acids is 2. The highest BCUT2D eigenvalue weighted by atomic mass is 32.2. The second-order valence-corrected chi connectivity index (χ2v) is 8.66. The molecule has 0 aliphatic heterocycles. The Hall–Kier alpha value is -2.61. The van der Waals surface area contributed by atoms with Crippen LogP contribution in [0.15, 0.2) is 40.0 Å². The van der Waals surface area contributed by atoms with Gasteiger partial charge in [-0.3, -0.25) is 9.59 Å². The van der Waals surface area contributed by atoms with Gasteiger partial charge in [-0.1, -0.05) is 50.6 Å². The number of furan rings is 1. The highest BCUT2D eigenvalue weighted by molar-refractivity contribution is 8.00. The first-order chi connectivity index (χ1) is 14.4. The third-order valence-electron chi connectivity index (χ3n) is 4.64. The number of carbonyl (C=O) groups is 2. The molecule has 0 aliphatic rings. The smallest absolute Gasteiger partial charge is 0.316 e. The molecule has 1 atom stereocenters. The average Bonchev–Trinajstić information content (AvgIpc) is 3.09. The van der Waals surface area contributed by atoms with Gasteiger partial charge in [0.2, 0.25) is 0 Å². The number of nitrogens with one attached hydrogen (secondary N) is 1. The molecular formula is C22H27N3O4S. The van der Waals surface area contributed by atoms with E-state index in [-0.39, 0.29) is 24.3 Å². The number of ether oxygens (including phenoxy) is 1. The monoisotopic (exact) mass is 429 g/mol. The van der Waals surface area contributed by atoms with Crippen molar-refractivity contribution in [1.29, 1.82) is 0 Å². The van der Waals surface area contributed by atoms with Crippen LogP contribution in [0.4, 0.5) is 0 Å². The number of para-hydroxylation sites is 1. The third-order valence-corrected chi connectivity index (χ3v) is 5.59.